The number of aromatic nitrogens is 3. The highest BCUT2D eigenvalue weighted by molar-refractivity contribution is 6.07. The molecule has 5 atom stereocenters. The van der Waals surface area contributed by atoms with Crippen LogP contribution >= 0.6 is 0 Å². The van der Waals surface area contributed by atoms with Crippen LogP contribution in [0.1, 0.15) is 62.1 Å². The average molecular weight is 710 g/mol. The van der Waals surface area contributed by atoms with Gasteiger partial charge in [-0.15, -0.1) is 0 Å². The van der Waals surface area contributed by atoms with Gasteiger partial charge in [-0.25, -0.2) is 9.97 Å². The van der Waals surface area contributed by atoms with Gasteiger partial charge in [0.2, 0.25) is 23.6 Å². The van der Waals surface area contributed by atoms with Gasteiger partial charge in [-0.3, -0.25) is 9.59 Å². The molecule has 1 spiro atoms. The van der Waals surface area contributed by atoms with Crippen molar-refractivity contribution in [2.24, 2.45) is 11.8 Å². The molecule has 7 heterocycles. The molecule has 2 amide bonds. The van der Waals surface area contributed by atoms with Crippen LogP contribution in [0.5, 0.6) is 5.75 Å². The minimum atomic E-state index is -1.03. The van der Waals surface area contributed by atoms with Gasteiger partial charge in [-0.1, -0.05) is 70.2 Å². The summed E-state index contributed by atoms with van der Waals surface area (Å²) in [6.07, 6.45) is 3.32. The number of anilines is 1. The van der Waals surface area contributed by atoms with Gasteiger partial charge in [-0.05, 0) is 42.1 Å². The Hall–Kier alpha value is -5.88. The highest BCUT2D eigenvalue weighted by Gasteiger charge is 2.61. The Morgan fingerprint density at radius 3 is 2.62 bits per heavy atom. The molecule has 5 N–H and O–H groups in total. The zero-order chi connectivity index (χ0) is 36.3. The molecular formula is C41H39N7O5. The number of H-pyrrole nitrogens is 1. The van der Waals surface area contributed by atoms with E-state index in [1.165, 1.54) is 0 Å². The number of ether oxygens (including phenoxy) is 1. The standard InChI is InChI=1S/C41H39N7O5/c1-18(2)31(42-5)37(50)45-27-15-20-12-13-28-25(14-20)41-24-10-6-9-22(33(24)48-40(41)52-28)21-8-7-11-26-30(21)23(16-43-26)29-17-44-38(51-29)34-35(41)53-39(47-34)32(19(3)4)46-36(27)49/h6-14,16-19,27,31-32,40,42-43,48H,15H2,1-5H3,(H,45,50)(H,46,49)/t27-,31-,32-,40?,41?/m0/s1. The molecule has 0 aliphatic carbocycles. The Morgan fingerprint density at radius 2 is 1.81 bits per heavy atom. The Kier molecular flexibility index (Phi) is 6.79. The van der Waals surface area contributed by atoms with Gasteiger partial charge in [-0.2, -0.15) is 0 Å². The van der Waals surface area contributed by atoms with Crippen molar-refractivity contribution >= 4 is 28.4 Å². The van der Waals surface area contributed by atoms with Crippen LogP contribution in [0.15, 0.2) is 75.8 Å². The maximum atomic E-state index is 14.3. The molecule has 3 aromatic carbocycles. The summed E-state index contributed by atoms with van der Waals surface area (Å²) >= 11 is 0. The van der Waals surface area contributed by atoms with Gasteiger partial charge < -0.3 is 39.8 Å². The normalized spacial score (nSPS) is 22.4. The molecule has 0 saturated heterocycles. The van der Waals surface area contributed by atoms with Gasteiger partial charge in [0.1, 0.15) is 23.2 Å². The number of fused-ring (bicyclic) bond motifs is 7. The zero-order valence-corrected chi connectivity index (χ0v) is 30.0. The quantitative estimate of drug-likeness (QED) is 0.144. The Bertz CT molecular complexity index is 2490. The van der Waals surface area contributed by atoms with E-state index in [0.29, 0.717) is 34.7 Å². The molecule has 6 aromatic rings. The molecule has 10 bridgehead atoms. The molecule has 4 aliphatic rings. The smallest absolute Gasteiger partial charge is 0.249 e. The summed E-state index contributed by atoms with van der Waals surface area (Å²) < 4.78 is 20.5. The van der Waals surface area contributed by atoms with E-state index in [-0.39, 0.29) is 30.1 Å². The minimum Gasteiger partial charge on any atom is -0.469 e. The summed E-state index contributed by atoms with van der Waals surface area (Å²) in [5.41, 5.74) is 6.88. The summed E-state index contributed by atoms with van der Waals surface area (Å²) in [6, 6.07) is 16.5. The van der Waals surface area contributed by atoms with Crippen molar-refractivity contribution in [1.29, 1.82) is 0 Å². The molecule has 4 aliphatic heterocycles. The minimum absolute atomic E-state index is 0.0119. The van der Waals surface area contributed by atoms with Crippen LogP contribution in [0.25, 0.3) is 44.9 Å². The number of carbonyl (C=O) groups is 2. The monoisotopic (exact) mass is 709 g/mol. The highest BCUT2D eigenvalue weighted by Crippen LogP contribution is 2.61. The Balaban J connectivity index is 1.26. The summed E-state index contributed by atoms with van der Waals surface area (Å²) in [5, 5.41) is 14.2. The summed E-state index contributed by atoms with van der Waals surface area (Å²) in [6.45, 7) is 7.95. The van der Waals surface area contributed by atoms with Crippen molar-refractivity contribution < 1.29 is 23.2 Å². The van der Waals surface area contributed by atoms with Crippen LogP contribution in [0.4, 0.5) is 5.69 Å². The lowest BCUT2D eigenvalue weighted by Crippen LogP contribution is -2.55. The van der Waals surface area contributed by atoms with Crippen LogP contribution in [-0.2, 0) is 21.4 Å². The first-order chi connectivity index (χ1) is 25.7. The van der Waals surface area contributed by atoms with Crippen molar-refractivity contribution in [3.63, 3.8) is 0 Å². The van der Waals surface area contributed by atoms with Gasteiger partial charge in [0.25, 0.3) is 0 Å². The SMILES string of the molecule is CN[C@H](C(=O)N[C@H]1Cc2ccc3c(c2)C24c5cccc(c5NC2O3)-c2cccc3[nH]cc(c23)-c2cnc(o2)-c2nc(oc24)[C@H](C(C)C)NC1=O)C(C)C. The van der Waals surface area contributed by atoms with E-state index in [1.54, 1.807) is 13.2 Å². The second kappa shape index (κ2) is 11.3. The largest absolute Gasteiger partial charge is 0.469 e. The number of carbonyl (C=O) groups excluding carboxylic acids is 2. The van der Waals surface area contributed by atoms with Crippen LogP contribution in [-0.4, -0.2) is 52.1 Å². The lowest BCUT2D eigenvalue weighted by atomic mass is 9.72. The number of hydrogen-bond acceptors (Lipinski definition) is 9. The topological polar surface area (TPSA) is 159 Å². The zero-order valence-electron chi connectivity index (χ0n) is 30.0. The van der Waals surface area contributed by atoms with E-state index >= 15 is 0 Å². The molecule has 0 fully saturated rings. The number of aromatic amines is 1. The first kappa shape index (κ1) is 31.8. The highest BCUT2D eigenvalue weighted by atomic mass is 16.5. The molecule has 53 heavy (non-hydrogen) atoms. The van der Waals surface area contributed by atoms with E-state index < -0.39 is 29.8 Å². The molecular weight excluding hydrogens is 670 g/mol. The number of para-hydroxylation sites is 1. The van der Waals surface area contributed by atoms with Crippen LogP contribution < -0.4 is 26.0 Å². The van der Waals surface area contributed by atoms with Crippen molar-refractivity contribution in [2.45, 2.75) is 63.9 Å². The van der Waals surface area contributed by atoms with Crippen molar-refractivity contribution in [1.82, 2.24) is 30.9 Å². The first-order valence-corrected chi connectivity index (χ1v) is 18.2. The third-order valence-electron chi connectivity index (χ3n) is 11.4. The van der Waals surface area contributed by atoms with E-state index in [1.807, 2.05) is 52.1 Å². The lowest BCUT2D eigenvalue weighted by molar-refractivity contribution is -0.131. The van der Waals surface area contributed by atoms with Crippen LogP contribution in [0.2, 0.25) is 0 Å². The van der Waals surface area contributed by atoms with E-state index in [2.05, 4.69) is 62.6 Å². The predicted octanol–water partition coefficient (Wildman–Crippen LogP) is 6.03. The lowest BCUT2D eigenvalue weighted by Gasteiger charge is -2.29. The third kappa shape index (κ3) is 4.38. The number of nitrogens with one attached hydrogen (secondary N) is 5. The summed E-state index contributed by atoms with van der Waals surface area (Å²) in [7, 11) is 1.75. The maximum absolute atomic E-state index is 14.3. The average Bonchev–Trinajstić information content (AvgIpc) is 3.96. The Morgan fingerprint density at radius 1 is 0.981 bits per heavy atom. The van der Waals surface area contributed by atoms with Crippen molar-refractivity contribution in [2.75, 3.05) is 12.4 Å². The van der Waals surface area contributed by atoms with E-state index in [0.717, 1.165) is 50.0 Å². The summed E-state index contributed by atoms with van der Waals surface area (Å²) in [4.78, 5) is 41.3. The predicted molar refractivity (Wildman–Crippen MR) is 198 cm³/mol. The Labute approximate surface area is 305 Å². The first-order valence-electron chi connectivity index (χ1n) is 18.2. The molecule has 10 rings (SSSR count). The van der Waals surface area contributed by atoms with Gasteiger partial charge in [0, 0.05) is 51.5 Å². The fourth-order valence-electron chi connectivity index (χ4n) is 8.89. The maximum Gasteiger partial charge on any atom is 0.249 e. The second-order valence-corrected chi connectivity index (χ2v) is 15.2. The van der Waals surface area contributed by atoms with Crippen LogP contribution in [0.3, 0.4) is 0 Å². The number of rotatable bonds is 5. The fraction of sp³-hybridized carbons (Fsp3) is 0.317. The number of oxazole rings is 2. The molecule has 268 valence electrons. The van der Waals surface area contributed by atoms with Gasteiger partial charge >= 0.3 is 0 Å². The third-order valence-corrected chi connectivity index (χ3v) is 11.4. The molecule has 2 unspecified atom stereocenters. The van der Waals surface area contributed by atoms with Gasteiger partial charge in [0.15, 0.2) is 23.4 Å². The number of amides is 2. The van der Waals surface area contributed by atoms with Crippen molar-refractivity contribution in [3.8, 4) is 39.8 Å². The fourth-order valence-corrected chi connectivity index (χ4v) is 8.89. The number of likely N-dealkylation sites (N-methyl/N-ethyl adjacent to an activating group) is 1. The molecule has 12 nitrogen and oxygen atoms in total. The molecule has 0 radical (unpaired) electrons. The van der Waals surface area contributed by atoms with Gasteiger partial charge in [0.05, 0.1) is 12.2 Å². The summed E-state index contributed by atoms with van der Waals surface area (Å²) in [5.74, 6) is 1.67. The number of nitrogens with zero attached hydrogens (tertiary/aromatic N) is 2. The molecule has 12 heteroatoms. The second-order valence-electron chi connectivity index (χ2n) is 15.2. The van der Waals surface area contributed by atoms with E-state index in [9.17, 15) is 9.59 Å². The number of benzene rings is 3. The number of hydrogen-bond donors (Lipinski definition) is 5. The van der Waals surface area contributed by atoms with Crippen molar-refractivity contribution in [3.05, 3.63) is 95.3 Å². The molecule has 0 saturated carbocycles. The molecule has 3 aromatic heterocycles. The van der Waals surface area contributed by atoms with E-state index in [4.69, 9.17) is 23.5 Å². The van der Waals surface area contributed by atoms with Crippen LogP contribution in [0, 0.1) is 11.8 Å².